The van der Waals surface area contributed by atoms with Crippen molar-refractivity contribution in [1.82, 2.24) is 10.6 Å². The van der Waals surface area contributed by atoms with Gasteiger partial charge in [-0.15, -0.1) is 0 Å². The zero-order valence-electron chi connectivity index (χ0n) is 47.3. The van der Waals surface area contributed by atoms with Crippen LogP contribution in [0.1, 0.15) is 238 Å². The SMILES string of the molecule is C=C1CC(C)CC(CC)(NCCCCC(=C)C(C)(C(C)(C)C)C(C)(C)C(C)(C)C(C)(C(=O)CCCCNCCN)C(C)(C)C(C)(C)C(CC(C)(C)C(C)CCCC)c2ccc(CS)cc2)C1. The quantitative estimate of drug-likeness (QED) is 0.0353. The molecule has 4 N–H and O–H groups in total. The standard InChI is InChI=1S/C61H111N3OS/c1-22-24-29-47(5)54(10,11)43-51(50-34-32-49(44-66)33-35-50)55(12,13)56(14,15)60(21,52(65)31-26-27-37-63-39-36-62)58(18,19)57(16,17)59(20,53(7,8)9)48(6)30-25-28-38-64-61(23-2)41-45(3)40-46(4)42-61/h32-35,46-47,51,63-64,66H,3,6,22-31,36-44,62H2,1-2,4-5,7-21H3. The van der Waals surface area contributed by atoms with Gasteiger partial charge in [0.25, 0.3) is 0 Å². The molecule has 1 aromatic rings. The number of allylic oxidation sites excluding steroid dienone is 1. The van der Waals surface area contributed by atoms with Gasteiger partial charge >= 0.3 is 0 Å². The molecule has 1 saturated carbocycles. The van der Waals surface area contributed by atoms with Crippen molar-refractivity contribution < 1.29 is 4.79 Å². The van der Waals surface area contributed by atoms with Gasteiger partial charge in [-0.05, 0) is 144 Å². The van der Waals surface area contributed by atoms with Crippen LogP contribution in [0.2, 0.25) is 0 Å². The number of carbonyl (C=O) groups excluding carboxylic acids is 1. The Labute approximate surface area is 417 Å². The summed E-state index contributed by atoms with van der Waals surface area (Å²) < 4.78 is 0. The summed E-state index contributed by atoms with van der Waals surface area (Å²) in [7, 11) is 0. The van der Waals surface area contributed by atoms with Crippen LogP contribution in [-0.4, -0.2) is 37.5 Å². The lowest BCUT2D eigenvalue weighted by Gasteiger charge is -2.69. The second-order valence-electron chi connectivity index (χ2n) is 26.3. The molecule has 5 heteroatoms. The highest BCUT2D eigenvalue weighted by Crippen LogP contribution is 2.73. The average Bonchev–Trinajstić information content (AvgIpc) is 3.23. The van der Waals surface area contributed by atoms with Crippen LogP contribution in [0.5, 0.6) is 0 Å². The number of rotatable bonds is 30. The number of Topliss-reactive ketones (excluding diaryl/α,β-unsaturated/α-hetero) is 1. The molecule has 0 aromatic heterocycles. The average molecular weight is 935 g/mol. The molecule has 1 fully saturated rings. The maximum Gasteiger partial charge on any atom is 0.139 e. The van der Waals surface area contributed by atoms with E-state index in [4.69, 9.17) is 12.3 Å². The lowest BCUT2D eigenvalue weighted by molar-refractivity contribution is -0.203. The summed E-state index contributed by atoms with van der Waals surface area (Å²) >= 11 is 4.66. The summed E-state index contributed by atoms with van der Waals surface area (Å²) in [5, 5.41) is 7.53. The van der Waals surface area contributed by atoms with Crippen LogP contribution in [0.4, 0.5) is 0 Å². The third-order valence-electron chi connectivity index (χ3n) is 20.6. The Morgan fingerprint density at radius 3 is 1.88 bits per heavy atom. The van der Waals surface area contributed by atoms with Crippen LogP contribution in [0.3, 0.4) is 0 Å². The van der Waals surface area contributed by atoms with Gasteiger partial charge in [0.15, 0.2) is 0 Å². The molecule has 0 heterocycles. The second-order valence-corrected chi connectivity index (χ2v) is 26.6. The van der Waals surface area contributed by atoms with Crippen LogP contribution in [0.25, 0.3) is 0 Å². The van der Waals surface area contributed by atoms with Crippen molar-refractivity contribution in [3.05, 3.63) is 59.7 Å². The monoisotopic (exact) mass is 934 g/mol. The molecule has 66 heavy (non-hydrogen) atoms. The Morgan fingerprint density at radius 2 is 1.36 bits per heavy atom. The topological polar surface area (TPSA) is 67.2 Å². The Bertz CT molecular complexity index is 1680. The van der Waals surface area contributed by atoms with Crippen LogP contribution < -0.4 is 16.4 Å². The molecule has 1 aromatic carbocycles. The van der Waals surface area contributed by atoms with Crippen molar-refractivity contribution in [3.8, 4) is 0 Å². The van der Waals surface area contributed by atoms with Crippen LogP contribution in [0.15, 0.2) is 48.6 Å². The van der Waals surface area contributed by atoms with Gasteiger partial charge in [-0.1, -0.05) is 199 Å². The van der Waals surface area contributed by atoms with Crippen molar-refractivity contribution in [2.75, 3.05) is 26.2 Å². The normalized spacial score (nSPS) is 21.0. The van der Waals surface area contributed by atoms with E-state index in [1.807, 2.05) is 0 Å². The first-order valence-electron chi connectivity index (χ1n) is 27.0. The fourth-order valence-electron chi connectivity index (χ4n) is 13.5. The summed E-state index contributed by atoms with van der Waals surface area (Å²) in [6.45, 7) is 59.5. The van der Waals surface area contributed by atoms with E-state index in [1.54, 1.807) is 0 Å². The number of hydrogen-bond acceptors (Lipinski definition) is 5. The molecule has 0 aliphatic heterocycles. The Kier molecular flexibility index (Phi) is 22.2. The molecule has 1 aliphatic carbocycles. The summed E-state index contributed by atoms with van der Waals surface area (Å²) in [5.41, 5.74) is 8.71. The van der Waals surface area contributed by atoms with E-state index in [0.717, 1.165) is 83.2 Å². The third-order valence-corrected chi connectivity index (χ3v) is 20.9. The zero-order chi connectivity index (χ0) is 50.8. The Hall–Kier alpha value is -1.40. The lowest BCUT2D eigenvalue weighted by atomic mass is 9.33. The smallest absolute Gasteiger partial charge is 0.139 e. The first-order valence-corrected chi connectivity index (χ1v) is 27.7. The van der Waals surface area contributed by atoms with E-state index in [-0.39, 0.29) is 38.5 Å². The number of benzene rings is 1. The zero-order valence-corrected chi connectivity index (χ0v) is 48.2. The van der Waals surface area contributed by atoms with Crippen molar-refractivity contribution in [3.63, 3.8) is 0 Å². The Balaban J connectivity index is 2.80. The molecular weight excluding hydrogens is 823 g/mol. The highest BCUT2D eigenvalue weighted by molar-refractivity contribution is 7.79. The van der Waals surface area contributed by atoms with E-state index >= 15 is 4.79 Å². The summed E-state index contributed by atoms with van der Waals surface area (Å²) in [4.78, 5) is 16.0. The van der Waals surface area contributed by atoms with E-state index < -0.39 is 16.2 Å². The van der Waals surface area contributed by atoms with Crippen LogP contribution in [-0.2, 0) is 10.5 Å². The van der Waals surface area contributed by atoms with E-state index in [1.165, 1.54) is 48.0 Å². The van der Waals surface area contributed by atoms with E-state index in [9.17, 15) is 0 Å². The number of nitrogens with one attached hydrogen (secondary N) is 2. The first kappa shape index (κ1) is 60.7. The molecular formula is C61H111N3OS. The maximum absolute atomic E-state index is 16.0. The molecule has 1 aliphatic rings. The number of thiol groups is 1. The summed E-state index contributed by atoms with van der Waals surface area (Å²) in [6.07, 6.45) is 15.0. The van der Waals surface area contributed by atoms with Gasteiger partial charge in [0.05, 0.1) is 0 Å². The van der Waals surface area contributed by atoms with Crippen molar-refractivity contribution in [1.29, 1.82) is 0 Å². The van der Waals surface area contributed by atoms with Gasteiger partial charge in [0.2, 0.25) is 0 Å². The molecule has 0 bridgehead atoms. The van der Waals surface area contributed by atoms with Gasteiger partial charge in [0, 0.05) is 36.2 Å². The van der Waals surface area contributed by atoms with Gasteiger partial charge in [-0.2, -0.15) is 12.6 Å². The van der Waals surface area contributed by atoms with Gasteiger partial charge in [-0.25, -0.2) is 0 Å². The Morgan fingerprint density at radius 1 is 0.803 bits per heavy atom. The van der Waals surface area contributed by atoms with Crippen LogP contribution >= 0.6 is 12.6 Å². The highest BCUT2D eigenvalue weighted by Gasteiger charge is 2.69. The summed E-state index contributed by atoms with van der Waals surface area (Å²) in [5.74, 6) is 2.59. The molecule has 4 nitrogen and oxygen atoms in total. The minimum absolute atomic E-state index is 0.0970. The molecule has 0 saturated heterocycles. The fraction of sp³-hybridized carbons (Fsp3) is 0.820. The number of hydrogen-bond donors (Lipinski definition) is 4. The van der Waals surface area contributed by atoms with E-state index in [0.29, 0.717) is 30.6 Å². The van der Waals surface area contributed by atoms with Crippen molar-refractivity contribution in [2.24, 2.45) is 60.9 Å². The lowest BCUT2D eigenvalue weighted by Crippen LogP contribution is -2.66. The number of nitrogens with two attached hydrogens (primary N) is 1. The summed E-state index contributed by atoms with van der Waals surface area (Å²) in [6, 6.07) is 9.34. The predicted molar refractivity (Wildman–Crippen MR) is 297 cm³/mol. The van der Waals surface area contributed by atoms with Gasteiger partial charge in [-0.3, -0.25) is 4.79 Å². The van der Waals surface area contributed by atoms with Gasteiger partial charge in [0.1, 0.15) is 5.78 Å². The number of carbonyl (C=O) groups is 1. The van der Waals surface area contributed by atoms with Crippen molar-refractivity contribution >= 4 is 18.4 Å². The minimum Gasteiger partial charge on any atom is -0.329 e. The number of unbranched alkanes of at least 4 members (excludes halogenated alkanes) is 3. The molecule has 0 radical (unpaired) electrons. The molecule has 0 spiro atoms. The minimum atomic E-state index is -0.731. The molecule has 0 amide bonds. The predicted octanol–water partition coefficient (Wildman–Crippen LogP) is 16.7. The molecule has 382 valence electrons. The number of ketones is 1. The molecule has 6 atom stereocenters. The van der Waals surface area contributed by atoms with Crippen LogP contribution in [0, 0.1) is 55.2 Å². The van der Waals surface area contributed by atoms with E-state index in [2.05, 4.69) is 186 Å². The van der Waals surface area contributed by atoms with Gasteiger partial charge < -0.3 is 16.4 Å². The maximum atomic E-state index is 16.0. The highest BCUT2D eigenvalue weighted by atomic mass is 32.1. The second kappa shape index (κ2) is 24.1. The largest absolute Gasteiger partial charge is 0.329 e. The first-order chi connectivity index (χ1) is 30.3. The molecule has 2 rings (SSSR count). The third kappa shape index (κ3) is 12.9. The molecule has 6 unspecified atom stereocenters. The fourth-order valence-corrected chi connectivity index (χ4v) is 13.7. The van der Waals surface area contributed by atoms with Crippen molar-refractivity contribution in [2.45, 2.75) is 239 Å².